The summed E-state index contributed by atoms with van der Waals surface area (Å²) in [6.45, 7) is 0. The lowest BCUT2D eigenvalue weighted by Crippen LogP contribution is -2.29. The van der Waals surface area contributed by atoms with Gasteiger partial charge in [-0.3, -0.25) is 11.3 Å². The minimum Gasteiger partial charge on any atom is -0.340 e. The Morgan fingerprint density at radius 2 is 2.17 bits per heavy atom. The summed E-state index contributed by atoms with van der Waals surface area (Å²) in [5, 5.41) is 1.10. The van der Waals surface area contributed by atoms with Gasteiger partial charge in [-0.2, -0.15) is 0 Å². The molecule has 1 heterocycles. The lowest BCUT2D eigenvalue weighted by atomic mass is 10.0. The number of nitrogens with one attached hydrogen (secondary N) is 1. The Kier molecular flexibility index (Phi) is 4.24. The van der Waals surface area contributed by atoms with E-state index in [0.717, 1.165) is 11.3 Å². The highest BCUT2D eigenvalue weighted by atomic mass is 35.5. The summed E-state index contributed by atoms with van der Waals surface area (Å²) in [6.07, 6.45) is 4.38. The zero-order valence-corrected chi connectivity index (χ0v) is 11.4. The molecule has 6 heteroatoms. The molecule has 18 heavy (non-hydrogen) atoms. The molecular formula is C12H14Cl2N4. The molecule has 0 aliphatic carbocycles. The maximum atomic E-state index is 5.99. The van der Waals surface area contributed by atoms with Gasteiger partial charge < -0.3 is 4.57 Å². The van der Waals surface area contributed by atoms with Crippen molar-refractivity contribution in [1.29, 1.82) is 0 Å². The smallest absolute Gasteiger partial charge is 0.0947 e. The number of imidazole rings is 1. The van der Waals surface area contributed by atoms with Gasteiger partial charge in [0.2, 0.25) is 0 Å². The highest BCUT2D eigenvalue weighted by Gasteiger charge is 2.13. The number of benzene rings is 1. The largest absolute Gasteiger partial charge is 0.340 e. The number of hydrazine groups is 1. The molecule has 3 N–H and O–H groups in total. The highest BCUT2D eigenvalue weighted by molar-refractivity contribution is 6.42. The van der Waals surface area contributed by atoms with Crippen LogP contribution >= 0.6 is 23.2 Å². The Labute approximate surface area is 116 Å². The van der Waals surface area contributed by atoms with E-state index in [-0.39, 0.29) is 6.04 Å². The molecule has 1 unspecified atom stereocenters. The van der Waals surface area contributed by atoms with Crippen molar-refractivity contribution >= 4 is 23.2 Å². The van der Waals surface area contributed by atoms with Crippen LogP contribution in [0.5, 0.6) is 0 Å². The van der Waals surface area contributed by atoms with Crippen molar-refractivity contribution in [2.75, 3.05) is 0 Å². The second-order valence-electron chi connectivity index (χ2n) is 4.14. The van der Waals surface area contributed by atoms with Crippen LogP contribution in [0.3, 0.4) is 0 Å². The Morgan fingerprint density at radius 1 is 1.39 bits per heavy atom. The number of hydrogen-bond donors (Lipinski definition) is 2. The van der Waals surface area contributed by atoms with E-state index in [4.69, 9.17) is 29.0 Å². The maximum Gasteiger partial charge on any atom is 0.0947 e. The molecule has 0 amide bonds. The van der Waals surface area contributed by atoms with E-state index >= 15 is 0 Å². The van der Waals surface area contributed by atoms with Gasteiger partial charge in [0.25, 0.3) is 0 Å². The molecule has 0 radical (unpaired) electrons. The lowest BCUT2D eigenvalue weighted by Gasteiger charge is -2.13. The fourth-order valence-corrected chi connectivity index (χ4v) is 2.08. The maximum absolute atomic E-state index is 5.99. The van der Waals surface area contributed by atoms with Gasteiger partial charge >= 0.3 is 0 Å². The van der Waals surface area contributed by atoms with Crippen molar-refractivity contribution in [3.63, 3.8) is 0 Å². The zero-order valence-electron chi connectivity index (χ0n) is 9.90. The molecule has 1 aromatic heterocycles. The number of nitrogens with zero attached hydrogens (tertiary/aromatic N) is 2. The van der Waals surface area contributed by atoms with E-state index in [1.807, 2.05) is 29.9 Å². The van der Waals surface area contributed by atoms with Crippen LogP contribution in [-0.4, -0.2) is 9.55 Å². The van der Waals surface area contributed by atoms with E-state index in [9.17, 15) is 0 Å². The number of aryl methyl sites for hydroxylation is 1. The molecule has 0 aliphatic rings. The van der Waals surface area contributed by atoms with Gasteiger partial charge in [-0.05, 0) is 24.1 Å². The Bertz CT molecular complexity index is 539. The Hall–Kier alpha value is -1.07. The van der Waals surface area contributed by atoms with Crippen molar-refractivity contribution in [1.82, 2.24) is 15.0 Å². The van der Waals surface area contributed by atoms with Crippen LogP contribution in [0.2, 0.25) is 10.0 Å². The zero-order chi connectivity index (χ0) is 13.1. The van der Waals surface area contributed by atoms with Crippen LogP contribution in [0.4, 0.5) is 0 Å². The quantitative estimate of drug-likeness (QED) is 0.670. The molecule has 4 nitrogen and oxygen atoms in total. The molecule has 0 aliphatic heterocycles. The summed E-state index contributed by atoms with van der Waals surface area (Å²) < 4.78 is 1.88. The first-order valence-electron chi connectivity index (χ1n) is 5.48. The first-order valence-corrected chi connectivity index (χ1v) is 6.23. The molecule has 0 bridgehead atoms. The number of halogens is 2. The monoisotopic (exact) mass is 284 g/mol. The third-order valence-corrected chi connectivity index (χ3v) is 3.45. The predicted molar refractivity (Wildman–Crippen MR) is 73.4 cm³/mol. The second-order valence-corrected chi connectivity index (χ2v) is 4.95. The van der Waals surface area contributed by atoms with Crippen molar-refractivity contribution in [3.8, 4) is 0 Å². The molecule has 1 atom stereocenters. The van der Waals surface area contributed by atoms with E-state index in [1.165, 1.54) is 0 Å². The molecule has 2 rings (SSSR count). The number of aromatic nitrogens is 2. The van der Waals surface area contributed by atoms with Crippen molar-refractivity contribution in [2.45, 2.75) is 12.5 Å². The third kappa shape index (κ3) is 3.03. The second kappa shape index (κ2) is 5.71. The molecule has 0 spiro atoms. The average molecular weight is 285 g/mol. The van der Waals surface area contributed by atoms with Gasteiger partial charge in [-0.15, -0.1) is 0 Å². The van der Waals surface area contributed by atoms with Crippen LogP contribution in [0.25, 0.3) is 0 Å². The van der Waals surface area contributed by atoms with E-state index in [0.29, 0.717) is 16.5 Å². The van der Waals surface area contributed by atoms with E-state index < -0.39 is 0 Å². The average Bonchev–Trinajstić information content (AvgIpc) is 2.77. The van der Waals surface area contributed by atoms with Crippen molar-refractivity contribution < 1.29 is 0 Å². The normalized spacial score (nSPS) is 12.7. The first-order chi connectivity index (χ1) is 8.60. The van der Waals surface area contributed by atoms with Crippen molar-refractivity contribution in [3.05, 3.63) is 52.0 Å². The number of nitrogens with two attached hydrogens (primary N) is 1. The molecular weight excluding hydrogens is 271 g/mol. The molecule has 0 saturated heterocycles. The lowest BCUT2D eigenvalue weighted by molar-refractivity contribution is 0.540. The molecule has 0 fully saturated rings. The minimum absolute atomic E-state index is 0.0524. The van der Waals surface area contributed by atoms with Gasteiger partial charge in [0.1, 0.15) is 0 Å². The Balaban J connectivity index is 2.17. The van der Waals surface area contributed by atoms with Crippen LogP contribution in [0.1, 0.15) is 17.3 Å². The first kappa shape index (κ1) is 13.4. The number of hydrogen-bond acceptors (Lipinski definition) is 3. The summed E-state index contributed by atoms with van der Waals surface area (Å²) in [6, 6.07) is 5.51. The summed E-state index contributed by atoms with van der Waals surface area (Å²) >= 11 is 11.9. The van der Waals surface area contributed by atoms with Crippen LogP contribution in [0.15, 0.2) is 30.7 Å². The standard InChI is InChI=1S/C12H14Cl2N4/c1-18-6-12(16-7-18)11(17-15)5-8-2-3-9(13)10(14)4-8/h2-4,6-7,11,17H,5,15H2,1H3. The van der Waals surface area contributed by atoms with Gasteiger partial charge in [-0.25, -0.2) is 4.98 Å². The number of rotatable bonds is 4. The van der Waals surface area contributed by atoms with E-state index in [2.05, 4.69) is 10.4 Å². The minimum atomic E-state index is -0.0524. The highest BCUT2D eigenvalue weighted by Crippen LogP contribution is 2.25. The fourth-order valence-electron chi connectivity index (χ4n) is 1.76. The predicted octanol–water partition coefficient (Wildman–Crippen LogP) is 2.47. The van der Waals surface area contributed by atoms with Crippen LogP contribution in [-0.2, 0) is 13.5 Å². The van der Waals surface area contributed by atoms with Crippen LogP contribution in [0, 0.1) is 0 Å². The molecule has 0 saturated carbocycles. The molecule has 1 aromatic carbocycles. The topological polar surface area (TPSA) is 55.9 Å². The van der Waals surface area contributed by atoms with Gasteiger partial charge in [0.05, 0.1) is 28.1 Å². The summed E-state index contributed by atoms with van der Waals surface area (Å²) in [5.41, 5.74) is 4.71. The molecule has 96 valence electrons. The summed E-state index contributed by atoms with van der Waals surface area (Å²) in [5.74, 6) is 5.57. The van der Waals surface area contributed by atoms with Crippen molar-refractivity contribution in [2.24, 2.45) is 12.9 Å². The van der Waals surface area contributed by atoms with Crippen LogP contribution < -0.4 is 11.3 Å². The van der Waals surface area contributed by atoms with E-state index in [1.54, 1.807) is 12.4 Å². The van der Waals surface area contributed by atoms with Gasteiger partial charge in [-0.1, -0.05) is 29.3 Å². The third-order valence-electron chi connectivity index (χ3n) is 2.71. The summed E-state index contributed by atoms with van der Waals surface area (Å²) in [7, 11) is 1.92. The molecule has 2 aromatic rings. The summed E-state index contributed by atoms with van der Waals surface area (Å²) in [4.78, 5) is 4.28. The van der Waals surface area contributed by atoms with Gasteiger partial charge in [0.15, 0.2) is 0 Å². The Morgan fingerprint density at radius 3 is 2.72 bits per heavy atom. The fraction of sp³-hybridized carbons (Fsp3) is 0.250. The van der Waals surface area contributed by atoms with Gasteiger partial charge in [0, 0.05) is 13.2 Å². The SMILES string of the molecule is Cn1cnc(C(Cc2ccc(Cl)c(Cl)c2)NN)c1.